The zero-order valence-electron chi connectivity index (χ0n) is 16.4. The van der Waals surface area contributed by atoms with Gasteiger partial charge in [-0.25, -0.2) is 0 Å². The fourth-order valence-corrected chi connectivity index (χ4v) is 4.86. The fraction of sp³-hybridized carbons (Fsp3) is 0.524. The van der Waals surface area contributed by atoms with Crippen molar-refractivity contribution in [2.75, 3.05) is 26.2 Å². The molecule has 1 N–H and O–H groups in total. The number of thiophene rings is 1. The minimum Gasteiger partial charge on any atom is -0.489 e. The van der Waals surface area contributed by atoms with Crippen LogP contribution in [0.3, 0.4) is 0 Å². The van der Waals surface area contributed by atoms with Crippen LogP contribution in [0.1, 0.15) is 31.4 Å². The van der Waals surface area contributed by atoms with E-state index in [2.05, 4.69) is 25.7 Å². The van der Waals surface area contributed by atoms with E-state index in [0.29, 0.717) is 18.5 Å². The topological polar surface area (TPSA) is 72.7 Å². The maximum atomic E-state index is 6.29. The van der Waals surface area contributed by atoms with Crippen molar-refractivity contribution >= 4 is 21.6 Å². The molecule has 1 atom stereocenters. The van der Waals surface area contributed by atoms with Crippen LogP contribution in [0.2, 0.25) is 0 Å². The third kappa shape index (κ3) is 4.55. The van der Waals surface area contributed by atoms with Gasteiger partial charge in [-0.05, 0) is 54.9 Å². The summed E-state index contributed by atoms with van der Waals surface area (Å²) in [4.78, 5) is 6.77. The molecule has 3 aromatic heterocycles. The number of ether oxygens (including phenoxy) is 2. The summed E-state index contributed by atoms with van der Waals surface area (Å²) in [7, 11) is 0. The Labute approximate surface area is 174 Å². The number of hydrogen-bond acceptors (Lipinski definition) is 8. The largest absolute Gasteiger partial charge is 0.489 e. The molecule has 8 heteroatoms. The number of rotatable bonds is 7. The lowest BCUT2D eigenvalue weighted by molar-refractivity contribution is 0.0925. The zero-order valence-corrected chi connectivity index (χ0v) is 17.2. The van der Waals surface area contributed by atoms with E-state index in [9.17, 15) is 0 Å². The number of aromatic nitrogens is 2. The number of nitrogens with zero attached hydrogens (tertiary/aromatic N) is 3. The minimum absolute atomic E-state index is 0.242. The van der Waals surface area contributed by atoms with Crippen molar-refractivity contribution in [1.29, 1.82) is 0 Å². The Bertz CT molecular complexity index is 929. The molecule has 7 nitrogen and oxygen atoms in total. The molecule has 0 bridgehead atoms. The Morgan fingerprint density at radius 3 is 3.03 bits per heavy atom. The van der Waals surface area contributed by atoms with Crippen molar-refractivity contribution in [2.24, 2.45) is 0 Å². The zero-order chi connectivity index (χ0) is 19.5. The molecule has 3 aromatic rings. The molecule has 0 aliphatic carbocycles. The van der Waals surface area contributed by atoms with Gasteiger partial charge < -0.3 is 19.3 Å². The Morgan fingerprint density at radius 1 is 1.24 bits per heavy atom. The van der Waals surface area contributed by atoms with Gasteiger partial charge in [0.05, 0.1) is 16.8 Å². The van der Waals surface area contributed by atoms with Gasteiger partial charge in [0.2, 0.25) is 0 Å². The van der Waals surface area contributed by atoms with Gasteiger partial charge in [0.25, 0.3) is 5.88 Å². The highest BCUT2D eigenvalue weighted by Crippen LogP contribution is 2.31. The van der Waals surface area contributed by atoms with Crippen molar-refractivity contribution in [1.82, 2.24) is 20.4 Å². The minimum atomic E-state index is 0.242. The van der Waals surface area contributed by atoms with E-state index in [1.807, 2.05) is 24.4 Å². The lowest BCUT2D eigenvalue weighted by Crippen LogP contribution is -2.37. The second-order valence-corrected chi connectivity index (χ2v) is 8.69. The summed E-state index contributed by atoms with van der Waals surface area (Å²) in [6, 6.07) is 6.37. The van der Waals surface area contributed by atoms with Crippen LogP contribution in [-0.4, -0.2) is 53.4 Å². The smallest absolute Gasteiger partial charge is 0.254 e. The molecule has 0 amide bonds. The number of likely N-dealkylation sites (tertiary alicyclic amines) is 1. The van der Waals surface area contributed by atoms with Gasteiger partial charge in [-0.15, -0.1) is 11.3 Å². The molecule has 2 fully saturated rings. The summed E-state index contributed by atoms with van der Waals surface area (Å²) >= 11 is 1.69. The Morgan fingerprint density at radius 2 is 2.17 bits per heavy atom. The highest BCUT2D eigenvalue weighted by atomic mass is 32.1. The number of piperidine rings is 1. The van der Waals surface area contributed by atoms with Gasteiger partial charge in [0, 0.05) is 31.4 Å². The predicted octanol–water partition coefficient (Wildman–Crippen LogP) is 3.46. The fourth-order valence-electron chi connectivity index (χ4n) is 4.05. The van der Waals surface area contributed by atoms with Crippen molar-refractivity contribution in [3.8, 4) is 11.6 Å². The Kier molecular flexibility index (Phi) is 5.64. The van der Waals surface area contributed by atoms with E-state index < -0.39 is 0 Å². The van der Waals surface area contributed by atoms with Crippen LogP contribution in [0.25, 0.3) is 10.2 Å². The van der Waals surface area contributed by atoms with Crippen LogP contribution in [0.4, 0.5) is 0 Å². The van der Waals surface area contributed by atoms with Crippen LogP contribution in [0.15, 0.2) is 34.3 Å². The number of fused-ring (bicyclic) bond motifs is 1. The average molecular weight is 415 g/mol. The molecule has 5 rings (SSSR count). The van der Waals surface area contributed by atoms with Crippen LogP contribution < -0.4 is 14.8 Å². The lowest BCUT2D eigenvalue weighted by Gasteiger charge is -2.31. The quantitative estimate of drug-likeness (QED) is 0.635. The molecule has 0 spiro atoms. The van der Waals surface area contributed by atoms with E-state index in [0.717, 1.165) is 60.7 Å². The third-order valence-electron chi connectivity index (χ3n) is 5.65. The van der Waals surface area contributed by atoms with Gasteiger partial charge in [-0.1, -0.05) is 0 Å². The van der Waals surface area contributed by atoms with Crippen LogP contribution in [-0.2, 0) is 6.54 Å². The molecule has 0 radical (unpaired) electrons. The number of pyridine rings is 1. The molecule has 0 saturated carbocycles. The van der Waals surface area contributed by atoms with Crippen molar-refractivity contribution in [3.05, 3.63) is 35.5 Å². The Hall–Kier alpha value is -2.16. The molecule has 2 saturated heterocycles. The highest BCUT2D eigenvalue weighted by molar-refractivity contribution is 7.17. The van der Waals surface area contributed by atoms with Gasteiger partial charge in [0.1, 0.15) is 18.5 Å². The van der Waals surface area contributed by atoms with Crippen LogP contribution in [0, 0.1) is 0 Å². The van der Waals surface area contributed by atoms with E-state index in [4.69, 9.17) is 14.0 Å². The summed E-state index contributed by atoms with van der Waals surface area (Å²) in [5, 5.41) is 9.54. The first kappa shape index (κ1) is 18.8. The van der Waals surface area contributed by atoms with E-state index >= 15 is 0 Å². The predicted molar refractivity (Wildman–Crippen MR) is 112 cm³/mol. The first-order chi connectivity index (χ1) is 14.3. The molecule has 29 heavy (non-hydrogen) atoms. The maximum absolute atomic E-state index is 6.29. The van der Waals surface area contributed by atoms with Gasteiger partial charge in [-0.2, -0.15) is 0 Å². The van der Waals surface area contributed by atoms with Crippen molar-refractivity contribution in [3.63, 3.8) is 0 Å². The first-order valence-electron chi connectivity index (χ1n) is 10.4. The normalized spacial score (nSPS) is 21.0. The van der Waals surface area contributed by atoms with Crippen LogP contribution in [0.5, 0.6) is 11.6 Å². The highest BCUT2D eigenvalue weighted by Gasteiger charge is 2.23. The van der Waals surface area contributed by atoms with E-state index in [1.54, 1.807) is 11.3 Å². The standard InChI is InChI=1S/C21H26N4O3S/c1-2-15(22-7-1)14-26-20-12-17(28-24-20)13-25-9-4-16(5-10-25)27-19-3-8-23-18-6-11-29-21(18)19/h3,6,8,11-12,15-16,22H,1-2,4-5,7,9-10,13-14H2/t15-/m0/s1. The SMILES string of the molecule is c1cc(OC2CCN(Cc3cc(OC[C@@H]4CCCN4)no3)CC2)c2sccc2n1. The number of nitrogens with one attached hydrogen (secondary N) is 1. The molecule has 154 valence electrons. The molecule has 0 unspecified atom stereocenters. The molecular formula is C21H26N4O3S. The molecule has 0 aromatic carbocycles. The summed E-state index contributed by atoms with van der Waals surface area (Å²) in [5.41, 5.74) is 1.01. The maximum Gasteiger partial charge on any atom is 0.254 e. The summed E-state index contributed by atoms with van der Waals surface area (Å²) in [5.74, 6) is 2.40. The van der Waals surface area contributed by atoms with Gasteiger partial charge >= 0.3 is 0 Å². The first-order valence-corrected chi connectivity index (χ1v) is 11.2. The van der Waals surface area contributed by atoms with E-state index in [1.165, 1.54) is 12.8 Å². The van der Waals surface area contributed by atoms with Gasteiger partial charge in [0.15, 0.2) is 5.76 Å². The molecular weight excluding hydrogens is 388 g/mol. The third-order valence-corrected chi connectivity index (χ3v) is 6.57. The Balaban J connectivity index is 1.09. The molecule has 5 heterocycles. The lowest BCUT2D eigenvalue weighted by atomic mass is 10.1. The monoisotopic (exact) mass is 414 g/mol. The summed E-state index contributed by atoms with van der Waals surface area (Å²) < 4.78 is 18.7. The molecule has 2 aliphatic heterocycles. The summed E-state index contributed by atoms with van der Waals surface area (Å²) in [6.07, 6.45) is 6.45. The number of hydrogen-bond donors (Lipinski definition) is 1. The van der Waals surface area contributed by atoms with Crippen LogP contribution >= 0.6 is 11.3 Å². The second-order valence-electron chi connectivity index (χ2n) is 7.77. The summed E-state index contributed by atoms with van der Waals surface area (Å²) in [6.45, 7) is 4.45. The van der Waals surface area contributed by atoms with Crippen molar-refractivity contribution in [2.45, 2.75) is 44.4 Å². The second kappa shape index (κ2) is 8.69. The average Bonchev–Trinajstić information content (AvgIpc) is 3.50. The molecule has 2 aliphatic rings. The van der Waals surface area contributed by atoms with E-state index in [-0.39, 0.29) is 6.10 Å². The van der Waals surface area contributed by atoms with Crippen molar-refractivity contribution < 1.29 is 14.0 Å². The van der Waals surface area contributed by atoms with Gasteiger partial charge in [-0.3, -0.25) is 9.88 Å².